The van der Waals surface area contributed by atoms with Gasteiger partial charge in [-0.1, -0.05) is 119 Å². The third-order valence-electron chi connectivity index (χ3n) is 10.6. The first-order valence-electron chi connectivity index (χ1n) is 17.2. The van der Waals surface area contributed by atoms with E-state index in [1.807, 2.05) is 0 Å². The normalized spacial score (nSPS) is 24.3. The van der Waals surface area contributed by atoms with E-state index in [9.17, 15) is 0 Å². The predicted octanol–water partition coefficient (Wildman–Crippen LogP) is 11.3. The van der Waals surface area contributed by atoms with Crippen LogP contribution in [0.5, 0.6) is 0 Å². The van der Waals surface area contributed by atoms with Crippen molar-refractivity contribution in [1.29, 1.82) is 0 Å². The molecular formula is C40H64N2Si. The molecular weight excluding hydrogens is 537 g/mol. The molecule has 2 radical (unpaired) electrons. The van der Waals surface area contributed by atoms with Gasteiger partial charge in [-0.15, -0.1) is 0 Å². The molecule has 0 spiro atoms. The maximum atomic E-state index is 2.95. The standard InChI is InChI=1S/C40H64N2Si/c1-25(2)29-19-17-20-30(26(3)4)33(29)41-35(37(9,10)23-39(41,13)14)43-36-38(11,12)24-40(15,16)42(36)34-31(27(5)6)21-18-22-32(34)28(7)8/h17-22,25-28,35-36H,23-24H2,1-16H3. The van der Waals surface area contributed by atoms with Crippen molar-refractivity contribution in [2.24, 2.45) is 10.8 Å². The average Bonchev–Trinajstić information content (AvgIpc) is 3.15. The number of para-hydroxylation sites is 2. The molecule has 0 aromatic heterocycles. The molecule has 2 aromatic carbocycles. The van der Waals surface area contributed by atoms with Crippen LogP contribution in [0.25, 0.3) is 0 Å². The van der Waals surface area contributed by atoms with E-state index >= 15 is 0 Å². The van der Waals surface area contributed by atoms with Gasteiger partial charge >= 0.3 is 0 Å². The Bertz CT molecular complexity index is 1140. The maximum absolute atomic E-state index is 2.95. The number of anilines is 2. The fourth-order valence-corrected chi connectivity index (χ4v) is 11.8. The Labute approximate surface area is 269 Å². The largest absolute Gasteiger partial charge is 0.366 e. The summed E-state index contributed by atoms with van der Waals surface area (Å²) in [5.41, 5.74) is 10.6. The summed E-state index contributed by atoms with van der Waals surface area (Å²) in [5, 5.41) is 0. The monoisotopic (exact) mass is 600 g/mol. The summed E-state index contributed by atoms with van der Waals surface area (Å²) in [5.74, 6) is 1.95. The van der Waals surface area contributed by atoms with E-state index in [-0.39, 0.29) is 21.9 Å². The second-order valence-corrected chi connectivity index (χ2v) is 19.3. The molecule has 2 nitrogen and oxygen atoms in total. The van der Waals surface area contributed by atoms with E-state index in [1.54, 1.807) is 0 Å². The molecule has 2 fully saturated rings. The molecule has 0 N–H and O–H groups in total. The van der Waals surface area contributed by atoms with Gasteiger partial charge in [-0.05, 0) is 97.3 Å². The Morgan fingerprint density at radius 2 is 0.767 bits per heavy atom. The zero-order chi connectivity index (χ0) is 32.4. The van der Waals surface area contributed by atoms with Crippen LogP contribution in [0.2, 0.25) is 0 Å². The smallest absolute Gasteiger partial charge is 0.1000 e. The molecule has 0 bridgehead atoms. The van der Waals surface area contributed by atoms with E-state index in [0.717, 1.165) is 9.52 Å². The molecule has 2 saturated heterocycles. The van der Waals surface area contributed by atoms with E-state index in [2.05, 4.69) is 157 Å². The highest BCUT2D eigenvalue weighted by atomic mass is 28.2. The quantitative estimate of drug-likeness (QED) is 0.278. The summed E-state index contributed by atoms with van der Waals surface area (Å²) < 4.78 is 0. The van der Waals surface area contributed by atoms with Gasteiger partial charge in [0, 0.05) is 33.8 Å². The molecule has 2 heterocycles. The molecule has 2 aromatic rings. The van der Waals surface area contributed by atoms with Crippen molar-refractivity contribution in [2.75, 3.05) is 9.80 Å². The van der Waals surface area contributed by atoms with Crippen LogP contribution in [-0.2, 0) is 0 Å². The van der Waals surface area contributed by atoms with E-state index in [0.29, 0.717) is 35.0 Å². The van der Waals surface area contributed by atoms with Gasteiger partial charge < -0.3 is 9.80 Å². The van der Waals surface area contributed by atoms with Gasteiger partial charge in [0.05, 0.1) is 9.52 Å². The lowest BCUT2D eigenvalue weighted by Gasteiger charge is -2.47. The van der Waals surface area contributed by atoms with Crippen LogP contribution in [0, 0.1) is 10.8 Å². The highest BCUT2D eigenvalue weighted by molar-refractivity contribution is 6.43. The van der Waals surface area contributed by atoms with Crippen LogP contribution in [0.15, 0.2) is 36.4 Å². The first-order valence-corrected chi connectivity index (χ1v) is 18.4. The molecule has 43 heavy (non-hydrogen) atoms. The molecule has 0 saturated carbocycles. The second kappa shape index (κ2) is 11.6. The molecule has 2 unspecified atom stereocenters. The summed E-state index contributed by atoms with van der Waals surface area (Å²) in [6.45, 7) is 39.4. The summed E-state index contributed by atoms with van der Waals surface area (Å²) in [7, 11) is 0.799. The lowest BCUT2D eigenvalue weighted by Crippen LogP contribution is -2.57. The number of hydrogen-bond donors (Lipinski definition) is 0. The molecule has 2 aliphatic heterocycles. The van der Waals surface area contributed by atoms with Crippen LogP contribution in [0.4, 0.5) is 11.4 Å². The second-order valence-electron chi connectivity index (χ2n) is 17.9. The highest BCUT2D eigenvalue weighted by Crippen LogP contribution is 2.56. The molecule has 2 atom stereocenters. The van der Waals surface area contributed by atoms with Crippen molar-refractivity contribution in [3.8, 4) is 0 Å². The minimum atomic E-state index is 0.0812. The summed E-state index contributed by atoms with van der Waals surface area (Å²) in [6.07, 6.45) is 2.41. The molecule has 0 amide bonds. The fourth-order valence-electron chi connectivity index (χ4n) is 9.18. The van der Waals surface area contributed by atoms with Gasteiger partial charge in [-0.25, -0.2) is 0 Å². The van der Waals surface area contributed by atoms with Crippen LogP contribution >= 0.6 is 0 Å². The zero-order valence-electron chi connectivity index (χ0n) is 30.7. The van der Waals surface area contributed by atoms with Crippen molar-refractivity contribution >= 4 is 20.9 Å². The van der Waals surface area contributed by atoms with Crippen molar-refractivity contribution in [1.82, 2.24) is 0 Å². The van der Waals surface area contributed by atoms with Crippen LogP contribution in [0.3, 0.4) is 0 Å². The zero-order valence-corrected chi connectivity index (χ0v) is 31.7. The summed E-state index contributed by atoms with van der Waals surface area (Å²) in [6, 6.07) is 14.3. The van der Waals surface area contributed by atoms with Gasteiger partial charge in [0.2, 0.25) is 0 Å². The van der Waals surface area contributed by atoms with Gasteiger partial charge in [-0.3, -0.25) is 0 Å². The Kier molecular flexibility index (Phi) is 9.18. The molecule has 2 aliphatic rings. The van der Waals surface area contributed by atoms with E-state index < -0.39 is 0 Å². The van der Waals surface area contributed by atoms with Crippen molar-refractivity contribution in [3.05, 3.63) is 58.7 Å². The Morgan fingerprint density at radius 3 is 1.00 bits per heavy atom. The summed E-state index contributed by atoms with van der Waals surface area (Å²) in [4.78, 5) is 5.90. The molecule has 0 aliphatic carbocycles. The van der Waals surface area contributed by atoms with Crippen molar-refractivity contribution in [3.63, 3.8) is 0 Å². The molecule has 4 rings (SSSR count). The lowest BCUT2D eigenvalue weighted by molar-refractivity contribution is 0.341. The van der Waals surface area contributed by atoms with Crippen molar-refractivity contribution in [2.45, 2.75) is 170 Å². The first-order chi connectivity index (χ1) is 19.6. The summed E-state index contributed by atoms with van der Waals surface area (Å²) >= 11 is 0. The minimum absolute atomic E-state index is 0.0812. The fraction of sp³-hybridized carbons (Fsp3) is 0.700. The number of benzene rings is 2. The Morgan fingerprint density at radius 1 is 0.512 bits per heavy atom. The topological polar surface area (TPSA) is 6.48 Å². The van der Waals surface area contributed by atoms with Crippen LogP contribution in [-0.4, -0.2) is 31.9 Å². The Hall–Kier alpha value is -1.74. The van der Waals surface area contributed by atoms with Crippen LogP contribution in [0.1, 0.15) is 170 Å². The highest BCUT2D eigenvalue weighted by Gasteiger charge is 2.58. The predicted molar refractivity (Wildman–Crippen MR) is 192 cm³/mol. The minimum Gasteiger partial charge on any atom is -0.366 e. The third kappa shape index (κ3) is 6.10. The first kappa shape index (κ1) is 34.1. The molecule has 238 valence electrons. The van der Waals surface area contributed by atoms with E-state index in [1.165, 1.54) is 46.5 Å². The van der Waals surface area contributed by atoms with Gasteiger partial charge in [0.1, 0.15) is 0 Å². The lowest BCUT2D eigenvalue weighted by atomic mass is 9.85. The third-order valence-corrected chi connectivity index (χ3v) is 13.3. The SMILES string of the molecule is CC(C)c1cccc(C(C)C)c1N1C([Si]C2N(c3c(C(C)C)cccc3C(C)C)C(C)(C)CC2(C)C)C(C)(C)CC1(C)C. The maximum Gasteiger partial charge on any atom is 0.1000 e. The van der Waals surface area contributed by atoms with E-state index in [4.69, 9.17) is 0 Å². The van der Waals surface area contributed by atoms with Gasteiger partial charge in [-0.2, -0.15) is 0 Å². The number of nitrogens with zero attached hydrogens (tertiary/aromatic N) is 2. The Balaban J connectivity index is 1.96. The van der Waals surface area contributed by atoms with Gasteiger partial charge in [0.25, 0.3) is 0 Å². The van der Waals surface area contributed by atoms with Crippen LogP contribution < -0.4 is 9.80 Å². The number of hydrogen-bond acceptors (Lipinski definition) is 2. The molecule has 3 heteroatoms. The number of rotatable bonds is 8. The van der Waals surface area contributed by atoms with Crippen molar-refractivity contribution < 1.29 is 0 Å². The average molecular weight is 601 g/mol. The van der Waals surface area contributed by atoms with Gasteiger partial charge in [0.15, 0.2) is 0 Å².